The number of hydrogen-bond donors (Lipinski definition) is 1. The maximum absolute atomic E-state index is 12.5. The van der Waals surface area contributed by atoms with Gasteiger partial charge < -0.3 is 5.32 Å². The number of carbonyl (C=O) groups excluding carboxylic acids is 1. The van der Waals surface area contributed by atoms with Crippen molar-refractivity contribution in [2.45, 2.75) is 13.5 Å². The number of nitrogens with zero attached hydrogens (tertiary/aromatic N) is 5. The minimum Gasteiger partial charge on any atom is -0.343 e. The summed E-state index contributed by atoms with van der Waals surface area (Å²) in [5.41, 5.74) is 1.50. The Bertz CT molecular complexity index is 1180. The molecule has 0 saturated carbocycles. The Morgan fingerprint density at radius 1 is 1.07 bits per heavy atom. The zero-order valence-corrected chi connectivity index (χ0v) is 14.5. The lowest BCUT2D eigenvalue weighted by Gasteiger charge is -2.11. The molecule has 8 heteroatoms. The number of rotatable bonds is 4. The van der Waals surface area contributed by atoms with Gasteiger partial charge in [-0.3, -0.25) is 14.0 Å². The highest BCUT2D eigenvalue weighted by Gasteiger charge is 2.16. The summed E-state index contributed by atoms with van der Waals surface area (Å²) in [6, 6.07) is 16.3. The molecule has 4 aromatic rings. The van der Waals surface area contributed by atoms with Gasteiger partial charge in [0.1, 0.15) is 0 Å². The summed E-state index contributed by atoms with van der Waals surface area (Å²) in [7, 11) is 0. The number of benzene rings is 1. The summed E-state index contributed by atoms with van der Waals surface area (Å²) in [4.78, 5) is 24.8. The molecule has 1 aromatic carbocycles. The van der Waals surface area contributed by atoms with Gasteiger partial charge >= 0.3 is 0 Å². The molecule has 3 heterocycles. The van der Waals surface area contributed by atoms with E-state index in [-0.39, 0.29) is 12.2 Å². The summed E-state index contributed by atoms with van der Waals surface area (Å²) < 4.78 is 3.34. The van der Waals surface area contributed by atoms with Crippen molar-refractivity contribution in [1.29, 1.82) is 0 Å². The average molecular weight is 360 g/mol. The average Bonchev–Trinajstić information content (AvgIpc) is 3.10. The van der Waals surface area contributed by atoms with Crippen LogP contribution in [0.1, 0.15) is 22.0 Å². The molecule has 0 fully saturated rings. The number of carbonyl (C=O) groups is 1. The second-order valence-corrected chi connectivity index (χ2v) is 5.97. The van der Waals surface area contributed by atoms with Crippen LogP contribution in [0.5, 0.6) is 0 Å². The molecule has 0 aliphatic heterocycles. The number of hydrogen-bond acceptors (Lipinski definition) is 5. The number of aromatic nitrogens is 5. The highest BCUT2D eigenvalue weighted by molar-refractivity contribution is 5.91. The minimum atomic E-state index is -0.558. The number of fused-ring (bicyclic) bond motifs is 1. The molecule has 0 aliphatic carbocycles. The summed E-state index contributed by atoms with van der Waals surface area (Å²) in [6.07, 6.45) is 1.81. The van der Waals surface area contributed by atoms with E-state index in [2.05, 4.69) is 20.6 Å². The van der Waals surface area contributed by atoms with Crippen LogP contribution in [0.3, 0.4) is 0 Å². The van der Waals surface area contributed by atoms with Crippen LogP contribution in [-0.2, 0) is 6.54 Å². The molecule has 0 atom stereocenters. The van der Waals surface area contributed by atoms with Gasteiger partial charge in [0.25, 0.3) is 5.91 Å². The van der Waals surface area contributed by atoms with Crippen molar-refractivity contribution < 1.29 is 4.79 Å². The van der Waals surface area contributed by atoms with Crippen molar-refractivity contribution in [2.75, 3.05) is 0 Å². The zero-order chi connectivity index (χ0) is 18.8. The fourth-order valence-corrected chi connectivity index (χ4v) is 2.79. The molecule has 27 heavy (non-hydrogen) atoms. The molecule has 0 radical (unpaired) electrons. The standard InChI is InChI=1S/C19H16N6O2/c1-13-11-15(26)18(23-25(13)14-7-3-2-4-8-14)19(27)20-12-17-22-21-16-9-5-6-10-24(16)17/h2-11H,12H2,1H3,(H,20,27). The van der Waals surface area contributed by atoms with Crippen LogP contribution in [0.4, 0.5) is 0 Å². The number of aryl methyl sites for hydroxylation is 1. The highest BCUT2D eigenvalue weighted by atomic mass is 16.2. The fraction of sp³-hybridized carbons (Fsp3) is 0.105. The van der Waals surface area contributed by atoms with Crippen molar-refractivity contribution in [3.05, 3.63) is 88.2 Å². The molecule has 0 unspecified atom stereocenters. The summed E-state index contributed by atoms with van der Waals surface area (Å²) in [5, 5.41) is 15.0. The highest BCUT2D eigenvalue weighted by Crippen LogP contribution is 2.08. The molecule has 0 spiro atoms. The van der Waals surface area contributed by atoms with Crippen molar-refractivity contribution in [3.8, 4) is 5.69 Å². The van der Waals surface area contributed by atoms with Crippen LogP contribution in [0.2, 0.25) is 0 Å². The second-order valence-electron chi connectivity index (χ2n) is 5.97. The number of para-hydroxylation sites is 1. The monoisotopic (exact) mass is 360 g/mol. The Morgan fingerprint density at radius 2 is 1.85 bits per heavy atom. The molecule has 1 amide bonds. The van der Waals surface area contributed by atoms with Gasteiger partial charge in [-0.25, -0.2) is 4.68 Å². The third kappa shape index (κ3) is 3.20. The molecular weight excluding hydrogens is 344 g/mol. The second kappa shape index (κ2) is 6.83. The SMILES string of the molecule is Cc1cc(=O)c(C(=O)NCc2nnc3ccccn23)nn1-c1ccccc1. The number of pyridine rings is 1. The third-order valence-electron chi connectivity index (χ3n) is 4.11. The van der Waals surface area contributed by atoms with Crippen LogP contribution < -0.4 is 10.7 Å². The lowest BCUT2D eigenvalue weighted by atomic mass is 10.2. The quantitative estimate of drug-likeness (QED) is 0.595. The van der Waals surface area contributed by atoms with E-state index in [0.717, 1.165) is 5.69 Å². The topological polar surface area (TPSA) is 94.2 Å². The van der Waals surface area contributed by atoms with Gasteiger partial charge in [-0.1, -0.05) is 24.3 Å². The summed E-state index contributed by atoms with van der Waals surface area (Å²) in [5.74, 6) is 0.00630. The van der Waals surface area contributed by atoms with Crippen LogP contribution in [-0.4, -0.2) is 30.3 Å². The molecule has 0 aliphatic rings. The summed E-state index contributed by atoms with van der Waals surface area (Å²) >= 11 is 0. The van der Waals surface area contributed by atoms with Gasteiger partial charge in [-0.05, 0) is 31.2 Å². The first-order valence-electron chi connectivity index (χ1n) is 8.37. The normalized spacial score (nSPS) is 10.9. The Kier molecular flexibility index (Phi) is 4.21. The van der Waals surface area contributed by atoms with E-state index in [0.29, 0.717) is 17.2 Å². The van der Waals surface area contributed by atoms with Gasteiger partial charge in [0.15, 0.2) is 17.2 Å². The molecule has 1 N–H and O–H groups in total. The summed E-state index contributed by atoms with van der Waals surface area (Å²) in [6.45, 7) is 1.90. The Morgan fingerprint density at radius 3 is 2.67 bits per heavy atom. The fourth-order valence-electron chi connectivity index (χ4n) is 2.79. The first-order chi connectivity index (χ1) is 13.1. The van der Waals surface area contributed by atoms with Crippen molar-refractivity contribution in [3.63, 3.8) is 0 Å². The van der Waals surface area contributed by atoms with E-state index in [1.165, 1.54) is 6.07 Å². The molecule has 0 bridgehead atoms. The number of amides is 1. The predicted octanol–water partition coefficient (Wildman–Crippen LogP) is 1.51. The lowest BCUT2D eigenvalue weighted by molar-refractivity contribution is 0.0942. The van der Waals surface area contributed by atoms with E-state index < -0.39 is 11.3 Å². The van der Waals surface area contributed by atoms with Gasteiger partial charge in [0, 0.05) is 18.0 Å². The van der Waals surface area contributed by atoms with Crippen LogP contribution >= 0.6 is 0 Å². The van der Waals surface area contributed by atoms with E-state index in [1.54, 1.807) is 16.0 Å². The van der Waals surface area contributed by atoms with Crippen LogP contribution in [0.15, 0.2) is 65.6 Å². The molecule has 134 valence electrons. The van der Waals surface area contributed by atoms with E-state index in [9.17, 15) is 9.59 Å². The van der Waals surface area contributed by atoms with Gasteiger partial charge in [0.2, 0.25) is 5.43 Å². The van der Waals surface area contributed by atoms with E-state index in [1.807, 2.05) is 54.7 Å². The van der Waals surface area contributed by atoms with Crippen LogP contribution in [0, 0.1) is 6.92 Å². The largest absolute Gasteiger partial charge is 0.343 e. The maximum atomic E-state index is 12.5. The van der Waals surface area contributed by atoms with Crippen LogP contribution in [0.25, 0.3) is 11.3 Å². The van der Waals surface area contributed by atoms with Gasteiger partial charge in [-0.15, -0.1) is 10.2 Å². The van der Waals surface area contributed by atoms with Crippen molar-refractivity contribution in [1.82, 2.24) is 29.7 Å². The third-order valence-corrected chi connectivity index (χ3v) is 4.11. The molecule has 8 nitrogen and oxygen atoms in total. The lowest BCUT2D eigenvalue weighted by Crippen LogP contribution is -2.32. The minimum absolute atomic E-state index is 0.129. The van der Waals surface area contributed by atoms with Gasteiger partial charge in [-0.2, -0.15) is 5.10 Å². The van der Waals surface area contributed by atoms with E-state index in [4.69, 9.17) is 0 Å². The molecular formula is C19H16N6O2. The van der Waals surface area contributed by atoms with Crippen molar-refractivity contribution >= 4 is 11.6 Å². The Balaban J connectivity index is 1.61. The predicted molar refractivity (Wildman–Crippen MR) is 98.7 cm³/mol. The Hall–Kier alpha value is -3.81. The molecule has 0 saturated heterocycles. The zero-order valence-electron chi connectivity index (χ0n) is 14.5. The van der Waals surface area contributed by atoms with Gasteiger partial charge in [0.05, 0.1) is 12.2 Å². The first kappa shape index (κ1) is 16.6. The van der Waals surface area contributed by atoms with Crippen molar-refractivity contribution in [2.24, 2.45) is 0 Å². The van der Waals surface area contributed by atoms with E-state index >= 15 is 0 Å². The molecule has 3 aromatic heterocycles. The Labute approximate surface area is 154 Å². The maximum Gasteiger partial charge on any atom is 0.276 e. The number of nitrogens with one attached hydrogen (secondary N) is 1. The molecule has 4 rings (SSSR count). The first-order valence-corrected chi connectivity index (χ1v) is 8.37. The smallest absolute Gasteiger partial charge is 0.276 e.